The lowest BCUT2D eigenvalue weighted by Crippen LogP contribution is -2.01. The molecule has 2 aromatic rings. The molecule has 0 fully saturated rings. The summed E-state index contributed by atoms with van der Waals surface area (Å²) in [6.45, 7) is 0.594. The number of nitrogens with two attached hydrogens (primary N) is 1. The van der Waals surface area contributed by atoms with Gasteiger partial charge in [-0.1, -0.05) is 11.6 Å². The Balaban J connectivity index is 2.61. The van der Waals surface area contributed by atoms with Gasteiger partial charge in [0, 0.05) is 17.1 Å². The zero-order chi connectivity index (χ0) is 10.1. The summed E-state index contributed by atoms with van der Waals surface area (Å²) in [6, 6.07) is 3.38. The van der Waals surface area contributed by atoms with Crippen molar-refractivity contribution in [2.45, 2.75) is 6.42 Å². The zero-order valence-corrected chi connectivity index (χ0v) is 8.30. The van der Waals surface area contributed by atoms with E-state index in [4.69, 9.17) is 17.3 Å². The van der Waals surface area contributed by atoms with Gasteiger partial charge in [0.15, 0.2) is 0 Å². The Morgan fingerprint density at radius 2 is 2.21 bits per heavy atom. The van der Waals surface area contributed by atoms with Crippen LogP contribution in [0.5, 0.6) is 5.75 Å². The van der Waals surface area contributed by atoms with E-state index >= 15 is 0 Å². The molecule has 0 saturated heterocycles. The Labute approximate surface area is 86.5 Å². The number of halogens is 1. The summed E-state index contributed by atoms with van der Waals surface area (Å²) in [5.41, 5.74) is 7.51. The molecule has 1 heterocycles. The third-order valence-corrected chi connectivity index (χ3v) is 2.55. The number of rotatable bonds is 2. The number of benzene rings is 1. The monoisotopic (exact) mass is 210 g/mol. The first-order valence-corrected chi connectivity index (χ1v) is 4.78. The summed E-state index contributed by atoms with van der Waals surface area (Å²) in [5, 5.41) is 10.8. The van der Waals surface area contributed by atoms with Gasteiger partial charge in [-0.05, 0) is 30.7 Å². The summed E-state index contributed by atoms with van der Waals surface area (Å²) in [5.74, 6) is 0.108. The fourth-order valence-electron chi connectivity index (χ4n) is 1.55. The van der Waals surface area contributed by atoms with Gasteiger partial charge in [-0.25, -0.2) is 0 Å². The van der Waals surface area contributed by atoms with Gasteiger partial charge in [-0.2, -0.15) is 0 Å². The van der Waals surface area contributed by atoms with Crippen LogP contribution in [0.2, 0.25) is 5.02 Å². The first-order chi connectivity index (χ1) is 6.72. The molecule has 0 amide bonds. The second-order valence-corrected chi connectivity index (χ2v) is 3.61. The summed E-state index contributed by atoms with van der Waals surface area (Å²) in [6.07, 6.45) is 2.69. The summed E-state index contributed by atoms with van der Waals surface area (Å²) >= 11 is 5.78. The van der Waals surface area contributed by atoms with Gasteiger partial charge in [-0.3, -0.25) is 0 Å². The smallest absolute Gasteiger partial charge is 0.134 e. The third kappa shape index (κ3) is 1.45. The van der Waals surface area contributed by atoms with Crippen molar-refractivity contribution in [1.29, 1.82) is 0 Å². The molecule has 1 aromatic carbocycles. The summed E-state index contributed by atoms with van der Waals surface area (Å²) in [7, 11) is 0. The molecule has 0 aliphatic heterocycles. The second-order valence-electron chi connectivity index (χ2n) is 3.20. The van der Waals surface area contributed by atoms with Crippen LogP contribution in [0.25, 0.3) is 10.9 Å². The van der Waals surface area contributed by atoms with Gasteiger partial charge in [-0.15, -0.1) is 0 Å². The molecule has 0 aliphatic carbocycles. The van der Waals surface area contributed by atoms with E-state index in [0.717, 1.165) is 22.9 Å². The number of fused-ring (bicyclic) bond motifs is 1. The molecule has 14 heavy (non-hydrogen) atoms. The number of phenols is 1. The van der Waals surface area contributed by atoms with Gasteiger partial charge in [0.2, 0.25) is 0 Å². The Morgan fingerprint density at radius 3 is 2.93 bits per heavy atom. The number of aromatic hydroxyl groups is 1. The standard InChI is InChI=1S/C10H11ClN2O/c11-8-4-9-7(3-10(8)14)6(1-2-12)5-13-9/h3-5,13-14H,1-2,12H2. The van der Waals surface area contributed by atoms with E-state index < -0.39 is 0 Å². The third-order valence-electron chi connectivity index (χ3n) is 2.25. The highest BCUT2D eigenvalue weighted by molar-refractivity contribution is 6.32. The molecule has 3 nitrogen and oxygen atoms in total. The molecule has 74 valence electrons. The number of hydrogen-bond donors (Lipinski definition) is 3. The Kier molecular flexibility index (Phi) is 2.35. The van der Waals surface area contributed by atoms with E-state index in [2.05, 4.69) is 4.98 Å². The quantitative estimate of drug-likeness (QED) is 0.710. The minimum Gasteiger partial charge on any atom is -0.506 e. The van der Waals surface area contributed by atoms with E-state index in [1.54, 1.807) is 12.1 Å². The highest BCUT2D eigenvalue weighted by atomic mass is 35.5. The van der Waals surface area contributed by atoms with Crippen molar-refractivity contribution < 1.29 is 5.11 Å². The fraction of sp³-hybridized carbons (Fsp3) is 0.200. The maximum atomic E-state index is 9.45. The first kappa shape index (κ1) is 9.37. The highest BCUT2D eigenvalue weighted by Gasteiger charge is 2.06. The van der Waals surface area contributed by atoms with Gasteiger partial charge in [0.25, 0.3) is 0 Å². The van der Waals surface area contributed by atoms with Crippen LogP contribution in [0.4, 0.5) is 0 Å². The molecular formula is C10H11ClN2O. The van der Waals surface area contributed by atoms with Crippen molar-refractivity contribution in [2.24, 2.45) is 5.73 Å². The first-order valence-electron chi connectivity index (χ1n) is 4.41. The van der Waals surface area contributed by atoms with E-state index in [9.17, 15) is 5.11 Å². The van der Waals surface area contributed by atoms with Crippen LogP contribution in [-0.2, 0) is 6.42 Å². The zero-order valence-electron chi connectivity index (χ0n) is 7.55. The molecule has 0 spiro atoms. The van der Waals surface area contributed by atoms with Crippen LogP contribution in [0.1, 0.15) is 5.56 Å². The molecule has 0 radical (unpaired) electrons. The molecule has 0 unspecified atom stereocenters. The molecule has 0 bridgehead atoms. The predicted octanol–water partition coefficient (Wildman–Crippen LogP) is 2.03. The average molecular weight is 211 g/mol. The Morgan fingerprint density at radius 1 is 1.43 bits per heavy atom. The van der Waals surface area contributed by atoms with Crippen LogP contribution in [0.3, 0.4) is 0 Å². The lowest BCUT2D eigenvalue weighted by Gasteiger charge is -1.99. The normalized spacial score (nSPS) is 11.0. The van der Waals surface area contributed by atoms with Crippen LogP contribution < -0.4 is 5.73 Å². The number of phenolic OH excluding ortho intramolecular Hbond substituents is 1. The van der Waals surface area contributed by atoms with Crippen LogP contribution >= 0.6 is 11.6 Å². The molecule has 4 N–H and O–H groups in total. The molecule has 2 rings (SSSR count). The Hall–Kier alpha value is -1.19. The van der Waals surface area contributed by atoms with E-state index in [-0.39, 0.29) is 5.75 Å². The van der Waals surface area contributed by atoms with Crippen molar-refractivity contribution in [3.05, 3.63) is 28.9 Å². The van der Waals surface area contributed by atoms with Crippen molar-refractivity contribution in [3.63, 3.8) is 0 Å². The van der Waals surface area contributed by atoms with Crippen molar-refractivity contribution in [3.8, 4) is 5.75 Å². The molecular weight excluding hydrogens is 200 g/mol. The number of nitrogens with one attached hydrogen (secondary N) is 1. The number of aromatic amines is 1. The SMILES string of the molecule is NCCc1c[nH]c2cc(Cl)c(O)cc12. The topological polar surface area (TPSA) is 62.0 Å². The predicted molar refractivity (Wildman–Crippen MR) is 57.7 cm³/mol. The van der Waals surface area contributed by atoms with Crippen LogP contribution in [-0.4, -0.2) is 16.6 Å². The maximum absolute atomic E-state index is 9.45. The lowest BCUT2D eigenvalue weighted by molar-refractivity contribution is 0.476. The molecule has 4 heteroatoms. The summed E-state index contributed by atoms with van der Waals surface area (Å²) in [4.78, 5) is 3.09. The van der Waals surface area contributed by atoms with Gasteiger partial charge in [0.05, 0.1) is 5.02 Å². The van der Waals surface area contributed by atoms with Crippen molar-refractivity contribution in [2.75, 3.05) is 6.54 Å². The number of hydrogen-bond acceptors (Lipinski definition) is 2. The van der Waals surface area contributed by atoms with Crippen LogP contribution in [0.15, 0.2) is 18.3 Å². The minimum absolute atomic E-state index is 0.108. The molecule has 1 aromatic heterocycles. The van der Waals surface area contributed by atoms with Gasteiger partial charge >= 0.3 is 0 Å². The van der Waals surface area contributed by atoms with Crippen LogP contribution in [0, 0.1) is 0 Å². The van der Waals surface area contributed by atoms with E-state index in [1.807, 2.05) is 6.20 Å². The largest absolute Gasteiger partial charge is 0.506 e. The van der Waals surface area contributed by atoms with Gasteiger partial charge < -0.3 is 15.8 Å². The second kappa shape index (κ2) is 3.52. The number of H-pyrrole nitrogens is 1. The molecule has 0 atom stereocenters. The fourth-order valence-corrected chi connectivity index (χ4v) is 1.72. The van der Waals surface area contributed by atoms with E-state index in [0.29, 0.717) is 11.6 Å². The van der Waals surface area contributed by atoms with Crippen molar-refractivity contribution in [1.82, 2.24) is 4.98 Å². The summed E-state index contributed by atoms with van der Waals surface area (Å²) < 4.78 is 0. The molecule has 0 aliphatic rings. The average Bonchev–Trinajstić information content (AvgIpc) is 2.51. The minimum atomic E-state index is 0.108. The number of aromatic nitrogens is 1. The van der Waals surface area contributed by atoms with E-state index in [1.165, 1.54) is 0 Å². The maximum Gasteiger partial charge on any atom is 0.134 e. The Bertz CT molecular complexity index is 464. The highest BCUT2D eigenvalue weighted by Crippen LogP contribution is 2.30. The molecule has 0 saturated carbocycles. The van der Waals surface area contributed by atoms with Gasteiger partial charge in [0.1, 0.15) is 5.75 Å². The van der Waals surface area contributed by atoms with Crippen molar-refractivity contribution >= 4 is 22.5 Å². The lowest BCUT2D eigenvalue weighted by atomic mass is 10.1.